The molecule has 7 N–H and O–H groups in total. The maximum Gasteiger partial charge on any atom is 0.408 e. The van der Waals surface area contributed by atoms with Crippen molar-refractivity contribution in [3.05, 3.63) is 168 Å². The molecule has 3 atom stereocenters. The van der Waals surface area contributed by atoms with Gasteiger partial charge in [-0.2, -0.15) is 10.5 Å². The van der Waals surface area contributed by atoms with E-state index in [-0.39, 0.29) is 48.2 Å². The van der Waals surface area contributed by atoms with Crippen LogP contribution in [-0.4, -0.2) is 78.9 Å². The molecule has 394 valence electrons. The van der Waals surface area contributed by atoms with Crippen molar-refractivity contribution in [1.29, 1.82) is 10.5 Å². The molecule has 0 aliphatic carbocycles. The van der Waals surface area contributed by atoms with E-state index in [1.54, 1.807) is 32.9 Å². The lowest BCUT2D eigenvalue weighted by Gasteiger charge is -2.34. The van der Waals surface area contributed by atoms with Crippen LogP contribution in [0.1, 0.15) is 86.6 Å². The zero-order chi connectivity index (χ0) is 56.0. The molecule has 75 heavy (non-hydrogen) atoms. The van der Waals surface area contributed by atoms with Crippen molar-refractivity contribution in [2.45, 2.75) is 76.8 Å². The summed E-state index contributed by atoms with van der Waals surface area (Å²) in [5.41, 5.74) is 2.06. The number of ether oxygens (including phenoxy) is 1. The highest BCUT2D eigenvalue weighted by atomic mass is 19.2. The number of halogens is 9. The number of carbonyl (C=O) groups excluding carboxylic acids is 3. The molecular weight excluding hydrogens is 1020 g/mol. The Bertz CT molecular complexity index is 3260. The fraction of sp³-hybridized carbons (Fsp3) is 0.265. The van der Waals surface area contributed by atoms with Crippen LogP contribution in [0.4, 0.5) is 44.3 Å². The summed E-state index contributed by atoms with van der Waals surface area (Å²) in [7, 11) is 0. The smallest absolute Gasteiger partial charge is 0.408 e. The van der Waals surface area contributed by atoms with Gasteiger partial charge >= 0.3 is 18.0 Å². The number of nitrogens with two attached hydrogens (primary N) is 1. The van der Waals surface area contributed by atoms with Gasteiger partial charge in [0.15, 0.2) is 46.3 Å². The number of carboxylic acids is 2. The average molecular weight is 1060 g/mol. The zero-order valence-corrected chi connectivity index (χ0v) is 39.1. The molecule has 0 saturated heterocycles. The third-order valence-electron chi connectivity index (χ3n) is 11.1. The van der Waals surface area contributed by atoms with Gasteiger partial charge in [-0.25, -0.2) is 49.1 Å². The van der Waals surface area contributed by atoms with E-state index in [9.17, 15) is 73.4 Å². The van der Waals surface area contributed by atoms with Crippen LogP contribution in [0.2, 0.25) is 0 Å². The summed E-state index contributed by atoms with van der Waals surface area (Å²) in [6, 6.07) is 5.74. The van der Waals surface area contributed by atoms with Crippen LogP contribution in [0.5, 0.6) is 5.75 Å². The number of nitrogens with zero attached hydrogens (tertiary/aromatic N) is 4. The molecule has 1 aromatic heterocycles. The van der Waals surface area contributed by atoms with Crippen molar-refractivity contribution in [1.82, 2.24) is 20.1 Å². The number of benzene rings is 4. The van der Waals surface area contributed by atoms with Crippen molar-refractivity contribution in [2.24, 2.45) is 5.73 Å². The van der Waals surface area contributed by atoms with Crippen LogP contribution < -0.4 is 21.8 Å². The van der Waals surface area contributed by atoms with Crippen LogP contribution >= 0.6 is 0 Å². The second-order valence-electron chi connectivity index (χ2n) is 17.5. The van der Waals surface area contributed by atoms with Crippen molar-refractivity contribution in [3.8, 4) is 17.9 Å². The molecule has 26 heteroatoms. The molecule has 5 aromatic rings. The Morgan fingerprint density at radius 2 is 1.27 bits per heavy atom. The summed E-state index contributed by atoms with van der Waals surface area (Å²) in [5.74, 6) is -16.0. The Kier molecular flexibility index (Phi) is 17.7. The van der Waals surface area contributed by atoms with Gasteiger partial charge in [0.05, 0.1) is 29.3 Å². The summed E-state index contributed by atoms with van der Waals surface area (Å²) < 4.78 is 127. The van der Waals surface area contributed by atoms with Gasteiger partial charge in [-0.3, -0.25) is 19.2 Å². The van der Waals surface area contributed by atoms with E-state index in [1.807, 2.05) is 0 Å². The monoisotopic (exact) mass is 1060 g/mol. The van der Waals surface area contributed by atoms with Gasteiger partial charge in [0, 0.05) is 49.9 Å². The number of fused-ring (bicyclic) bond motifs is 5. The summed E-state index contributed by atoms with van der Waals surface area (Å²) >= 11 is 0. The van der Waals surface area contributed by atoms with Crippen molar-refractivity contribution >= 4 is 29.8 Å². The number of hydrogen-bond donors (Lipinski definition) is 6. The lowest BCUT2D eigenvalue weighted by atomic mass is 10.0. The molecule has 0 spiro atoms. The van der Waals surface area contributed by atoms with Gasteiger partial charge in [0.1, 0.15) is 40.7 Å². The van der Waals surface area contributed by atoms with Crippen LogP contribution in [0, 0.1) is 75.0 Å². The Morgan fingerprint density at radius 1 is 0.760 bits per heavy atom. The lowest BCUT2D eigenvalue weighted by Crippen LogP contribution is -2.44. The molecule has 7 rings (SSSR count). The number of rotatable bonds is 10. The molecule has 4 aromatic carbocycles. The summed E-state index contributed by atoms with van der Waals surface area (Å²) in [6.45, 7) is 4.07. The van der Waals surface area contributed by atoms with E-state index in [0.717, 1.165) is 36.5 Å². The van der Waals surface area contributed by atoms with E-state index in [0.29, 0.717) is 29.3 Å². The molecule has 0 radical (unpaired) electrons. The van der Waals surface area contributed by atoms with Crippen LogP contribution in [0.15, 0.2) is 59.5 Å². The average Bonchev–Trinajstić information content (AvgIpc) is 3.47. The predicted molar refractivity (Wildman–Crippen MR) is 240 cm³/mol. The topological polar surface area (TPSA) is 278 Å². The number of aromatic nitrogens is 1. The fourth-order valence-electron chi connectivity index (χ4n) is 7.50. The quantitative estimate of drug-likeness (QED) is 0.0867. The first-order chi connectivity index (χ1) is 35.0. The Hall–Kier alpha value is -8.91. The first kappa shape index (κ1) is 57.0. The molecule has 17 nitrogen and oxygen atoms in total. The third kappa shape index (κ3) is 13.8. The van der Waals surface area contributed by atoms with Crippen molar-refractivity contribution in [3.63, 3.8) is 0 Å². The maximum atomic E-state index is 13.9. The largest absolute Gasteiger partial charge is 0.503 e. The highest BCUT2D eigenvalue weighted by Crippen LogP contribution is 2.34. The molecule has 2 aliphatic heterocycles. The summed E-state index contributed by atoms with van der Waals surface area (Å²) in [6.07, 6.45) is -0.455. The highest BCUT2D eigenvalue weighted by Gasteiger charge is 2.38. The fourth-order valence-corrected chi connectivity index (χ4v) is 7.50. The lowest BCUT2D eigenvalue weighted by molar-refractivity contribution is -0.140. The van der Waals surface area contributed by atoms with E-state index >= 15 is 0 Å². The zero-order valence-electron chi connectivity index (χ0n) is 39.1. The predicted octanol–water partition coefficient (Wildman–Crippen LogP) is 6.08. The van der Waals surface area contributed by atoms with Gasteiger partial charge in [0.25, 0.3) is 11.8 Å². The van der Waals surface area contributed by atoms with Crippen LogP contribution in [0.3, 0.4) is 0 Å². The number of nitrogens with one attached hydrogen (secondary N) is 2. The molecular formula is C49H40F9N7O10. The minimum absolute atomic E-state index is 0.0325. The van der Waals surface area contributed by atoms with Crippen LogP contribution in [0.25, 0.3) is 0 Å². The number of carbonyl (C=O) groups is 5. The van der Waals surface area contributed by atoms with Gasteiger partial charge in [-0.05, 0) is 92.3 Å². The Balaban J connectivity index is 0.000000229. The minimum Gasteiger partial charge on any atom is -0.503 e. The molecule has 3 amide bonds. The Morgan fingerprint density at radius 3 is 1.77 bits per heavy atom. The van der Waals surface area contributed by atoms with E-state index in [4.69, 9.17) is 31.2 Å². The van der Waals surface area contributed by atoms with Gasteiger partial charge < -0.3 is 45.9 Å². The molecule has 0 saturated carbocycles. The standard InChI is InChI=1S/C24H16F5N3O4.C15H16F2N2O4.C10H8F2N2O2/c25-12-4-16(26)14(17(27)5-12)6-30-23(35)15-9-32-13-1-10-2-18(28)19(29)3-11(10)7-31(8-13)24(36)20(32)22(34)21(15)33;1-15(2,3)23-14(22)19-12(13(20)21)6-8-4-10(16)11(17)5-9(8)7-18;11-7-1-5(3-9(14)10(15)16)6(4-13)2-8(7)12/h2-5,9,13,34H,1,6-8H2,(H,30,35);4-5,12H,6H2,1-3H3,(H,19,22)(H,20,21);1-2,9H,3,14H2,(H,15,16)/t13-;12-;9-/m000/s1. The SMILES string of the molecule is CC(C)(C)OC(=O)N[C@@H](Cc1cc(F)c(F)cc1C#N)C(=O)O.N#Cc1cc(F)c(F)cc1C[C@H](N)C(=O)O.O=C(NCc1c(F)cc(F)cc1F)c1cn2c(c(O)c1=O)C(=O)N1Cc3cc(F)c(F)cc3C[C@H]2C1. The van der Waals surface area contributed by atoms with Crippen molar-refractivity contribution in [2.75, 3.05) is 6.54 Å². The number of amides is 3. The summed E-state index contributed by atoms with van der Waals surface area (Å²) in [4.78, 5) is 73.1. The first-order valence-corrected chi connectivity index (χ1v) is 21.7. The van der Waals surface area contributed by atoms with E-state index < -0.39 is 147 Å². The normalized spacial score (nSPS) is 14.1. The number of aromatic hydroxyl groups is 1. The second kappa shape index (κ2) is 23.3. The molecule has 0 fully saturated rings. The van der Waals surface area contributed by atoms with Gasteiger partial charge in [0.2, 0.25) is 5.43 Å². The first-order valence-electron chi connectivity index (χ1n) is 21.7. The minimum atomic E-state index is -1.46. The van der Waals surface area contributed by atoms with Gasteiger partial charge in [-0.1, -0.05) is 0 Å². The number of aliphatic carboxylic acids is 2. The molecule has 3 heterocycles. The molecule has 2 bridgehead atoms. The highest BCUT2D eigenvalue weighted by molar-refractivity contribution is 5.99. The van der Waals surface area contributed by atoms with Crippen LogP contribution in [-0.2, 0) is 46.7 Å². The number of nitriles is 2. The van der Waals surface area contributed by atoms with E-state index in [2.05, 4.69) is 10.6 Å². The number of carboxylic acid groups (broad SMARTS) is 2. The number of alkyl carbamates (subject to hydrolysis) is 1. The molecule has 0 unspecified atom stereocenters. The number of hydrogen-bond acceptors (Lipinski definition) is 11. The maximum absolute atomic E-state index is 13.9. The second-order valence-corrected chi connectivity index (χ2v) is 17.5. The van der Waals surface area contributed by atoms with Crippen molar-refractivity contribution < 1.29 is 83.5 Å². The summed E-state index contributed by atoms with van der Waals surface area (Å²) in [5, 5.41) is 50.1. The molecule has 2 aliphatic rings. The van der Waals surface area contributed by atoms with E-state index in [1.165, 1.54) is 9.47 Å². The Labute approximate surface area is 417 Å². The number of pyridine rings is 1. The third-order valence-corrected chi connectivity index (χ3v) is 11.1. The van der Waals surface area contributed by atoms with Gasteiger partial charge in [-0.15, -0.1) is 0 Å².